The molecule has 0 N–H and O–H groups in total. The topological polar surface area (TPSA) is 14.2 Å². The van der Waals surface area contributed by atoms with Gasteiger partial charge in [0.2, 0.25) is 0 Å². The number of fused-ring (bicyclic) bond motifs is 6. The monoisotopic (exact) mass is 1030 g/mol. The standard InChI is InChI=1S/C73H52F3N3/c1-44-35-54(37-55(36-44)73(74,75)76)49-23-29-61(72(42-49)79-69-32-26-52(59-21-13-9-17-47(59)4)40-64(69)65-41-53(27-33-70(65)79)60-22-14-10-18-48(60)5)66-43-56(77-6)28-34-71(66)78-67-30-24-50(57-19-11-7-15-45(57)2)38-62(67)63-39-51(25-31-68(63)78)58-20-12-8-16-46(58)3/h7-43H,1-5H3. The Kier molecular flexibility index (Phi) is 11.8. The first-order valence-corrected chi connectivity index (χ1v) is 26.6. The van der Waals surface area contributed by atoms with Gasteiger partial charge in [0, 0.05) is 27.1 Å². The van der Waals surface area contributed by atoms with Gasteiger partial charge in [0.05, 0.1) is 45.6 Å². The van der Waals surface area contributed by atoms with Gasteiger partial charge < -0.3 is 9.13 Å². The minimum absolute atomic E-state index is 0.455. The fourth-order valence-electron chi connectivity index (χ4n) is 12.1. The lowest BCUT2D eigenvalue weighted by Gasteiger charge is -2.21. The fourth-order valence-corrected chi connectivity index (χ4v) is 12.1. The third kappa shape index (κ3) is 8.47. The van der Waals surface area contributed by atoms with Gasteiger partial charge in [-0.25, -0.2) is 4.85 Å². The van der Waals surface area contributed by atoms with Gasteiger partial charge in [0.1, 0.15) is 0 Å². The van der Waals surface area contributed by atoms with Crippen LogP contribution in [0.2, 0.25) is 0 Å². The van der Waals surface area contributed by atoms with Crippen LogP contribution in [0.4, 0.5) is 18.9 Å². The number of halogens is 3. The molecule has 2 aromatic heterocycles. The number of benzene rings is 11. The van der Waals surface area contributed by atoms with Crippen molar-refractivity contribution in [2.45, 2.75) is 40.8 Å². The van der Waals surface area contributed by atoms with E-state index in [1.54, 1.807) is 6.92 Å². The first-order chi connectivity index (χ1) is 38.3. The van der Waals surface area contributed by atoms with E-state index in [9.17, 15) is 13.2 Å². The molecule has 0 unspecified atom stereocenters. The van der Waals surface area contributed by atoms with Crippen LogP contribution in [-0.4, -0.2) is 9.13 Å². The molecule has 0 atom stereocenters. The molecule has 0 aliphatic rings. The highest BCUT2D eigenvalue weighted by molar-refractivity contribution is 6.14. The van der Waals surface area contributed by atoms with E-state index in [1.165, 1.54) is 23.3 Å². The van der Waals surface area contributed by atoms with Crippen molar-refractivity contribution < 1.29 is 13.2 Å². The Bertz CT molecular complexity index is 4470. The second kappa shape index (κ2) is 19.1. The summed E-state index contributed by atoms with van der Waals surface area (Å²) in [5.74, 6) is 0. The molecule has 0 saturated carbocycles. The third-order valence-electron chi connectivity index (χ3n) is 16.0. The minimum Gasteiger partial charge on any atom is -0.309 e. The molecule has 13 aromatic rings. The SMILES string of the molecule is [C-]#[N+]c1ccc(-n2c3ccc(-c4ccccc4C)cc3c3cc(-c4ccccc4C)ccc32)c(-c2ccc(-c3cc(C)cc(C(F)(F)F)c3)cc2-n2c3ccc(-c4ccccc4C)cc3c3cc(-c4ccccc4C)ccc32)c1. The molecule has 0 saturated heterocycles. The quantitative estimate of drug-likeness (QED) is 0.135. The smallest absolute Gasteiger partial charge is 0.309 e. The normalized spacial score (nSPS) is 11.8. The Labute approximate surface area is 457 Å². The molecule has 79 heavy (non-hydrogen) atoms. The van der Waals surface area contributed by atoms with Crippen molar-refractivity contribution in [1.82, 2.24) is 9.13 Å². The summed E-state index contributed by atoms with van der Waals surface area (Å²) in [5.41, 5.74) is 22.1. The van der Waals surface area contributed by atoms with Crippen molar-refractivity contribution in [3.63, 3.8) is 0 Å². The molecule has 13 rings (SSSR count). The Morgan fingerprint density at radius 1 is 0.329 bits per heavy atom. The molecule has 0 aliphatic carbocycles. The first-order valence-electron chi connectivity index (χ1n) is 26.6. The Hall–Kier alpha value is -9.70. The Morgan fingerprint density at radius 2 is 0.722 bits per heavy atom. The van der Waals surface area contributed by atoms with E-state index < -0.39 is 11.7 Å². The molecule has 6 heteroatoms. The lowest BCUT2D eigenvalue weighted by molar-refractivity contribution is -0.137. The van der Waals surface area contributed by atoms with Gasteiger partial charge >= 0.3 is 6.18 Å². The molecule has 11 aromatic carbocycles. The van der Waals surface area contributed by atoms with Gasteiger partial charge in [-0.05, 0) is 202 Å². The highest BCUT2D eigenvalue weighted by Crippen LogP contribution is 2.46. The summed E-state index contributed by atoms with van der Waals surface area (Å²) >= 11 is 0. The number of hydrogen-bond donors (Lipinski definition) is 0. The van der Waals surface area contributed by atoms with Crippen LogP contribution in [0.3, 0.4) is 0 Å². The van der Waals surface area contributed by atoms with E-state index >= 15 is 0 Å². The second-order valence-corrected chi connectivity index (χ2v) is 21.0. The number of rotatable bonds is 8. The molecular formula is C73H52F3N3. The highest BCUT2D eigenvalue weighted by atomic mass is 19.4. The summed E-state index contributed by atoms with van der Waals surface area (Å²) in [6.07, 6.45) is -4.54. The van der Waals surface area contributed by atoms with Crippen molar-refractivity contribution in [3.8, 4) is 78.1 Å². The highest BCUT2D eigenvalue weighted by Gasteiger charge is 2.31. The van der Waals surface area contributed by atoms with Gasteiger partial charge in [-0.3, -0.25) is 0 Å². The zero-order valence-electron chi connectivity index (χ0n) is 44.3. The summed E-state index contributed by atoms with van der Waals surface area (Å²) in [5, 5.41) is 4.23. The molecule has 3 nitrogen and oxygen atoms in total. The predicted octanol–water partition coefficient (Wildman–Crippen LogP) is 21.0. The average Bonchev–Trinajstić information content (AvgIpc) is 4.13. The molecular weight excluding hydrogens is 976 g/mol. The Morgan fingerprint density at radius 3 is 1.11 bits per heavy atom. The van der Waals surface area contributed by atoms with Gasteiger partial charge in [-0.1, -0.05) is 146 Å². The lowest BCUT2D eigenvalue weighted by atomic mass is 9.94. The van der Waals surface area contributed by atoms with Crippen molar-refractivity contribution in [1.29, 1.82) is 0 Å². The first kappa shape index (κ1) is 48.9. The van der Waals surface area contributed by atoms with Crippen molar-refractivity contribution in [2.24, 2.45) is 0 Å². The lowest BCUT2D eigenvalue weighted by Crippen LogP contribution is -2.05. The summed E-state index contributed by atoms with van der Waals surface area (Å²) in [6, 6.07) is 76.6. The van der Waals surface area contributed by atoms with Crippen LogP contribution in [0.15, 0.2) is 224 Å². The second-order valence-electron chi connectivity index (χ2n) is 21.0. The van der Waals surface area contributed by atoms with Crippen LogP contribution < -0.4 is 0 Å². The van der Waals surface area contributed by atoms with Gasteiger partial charge in [0.15, 0.2) is 5.69 Å². The van der Waals surface area contributed by atoms with Crippen molar-refractivity contribution in [2.75, 3.05) is 0 Å². The summed E-state index contributed by atoms with van der Waals surface area (Å²) in [7, 11) is 0. The summed E-state index contributed by atoms with van der Waals surface area (Å²) in [6.45, 7) is 18.7. The number of aryl methyl sites for hydroxylation is 5. The fraction of sp³-hybridized carbons (Fsp3) is 0.0822. The largest absolute Gasteiger partial charge is 0.416 e. The van der Waals surface area contributed by atoms with E-state index in [4.69, 9.17) is 6.57 Å². The van der Waals surface area contributed by atoms with E-state index in [0.717, 1.165) is 122 Å². The maximum Gasteiger partial charge on any atom is 0.416 e. The van der Waals surface area contributed by atoms with Crippen LogP contribution in [0.25, 0.3) is 127 Å². The van der Waals surface area contributed by atoms with E-state index in [2.05, 4.69) is 218 Å². The van der Waals surface area contributed by atoms with Gasteiger partial charge in [-0.15, -0.1) is 0 Å². The van der Waals surface area contributed by atoms with Crippen LogP contribution in [0, 0.1) is 41.2 Å². The maximum absolute atomic E-state index is 14.7. The molecule has 0 amide bonds. The molecule has 0 fully saturated rings. The molecule has 380 valence electrons. The van der Waals surface area contributed by atoms with Crippen LogP contribution >= 0.6 is 0 Å². The Balaban J connectivity index is 1.13. The molecule has 0 aliphatic heterocycles. The molecule has 2 heterocycles. The molecule has 0 bridgehead atoms. The van der Waals surface area contributed by atoms with E-state index in [-0.39, 0.29) is 0 Å². The maximum atomic E-state index is 14.7. The van der Waals surface area contributed by atoms with Crippen LogP contribution in [0.5, 0.6) is 0 Å². The van der Waals surface area contributed by atoms with Crippen LogP contribution in [0.1, 0.15) is 33.4 Å². The average molecular weight is 1030 g/mol. The number of hydrogen-bond acceptors (Lipinski definition) is 0. The predicted molar refractivity (Wildman–Crippen MR) is 323 cm³/mol. The summed E-state index contributed by atoms with van der Waals surface area (Å²) < 4.78 is 48.6. The van der Waals surface area contributed by atoms with E-state index in [0.29, 0.717) is 22.4 Å². The number of alkyl halides is 3. The van der Waals surface area contributed by atoms with Crippen molar-refractivity contribution in [3.05, 3.63) is 269 Å². The van der Waals surface area contributed by atoms with Crippen LogP contribution in [-0.2, 0) is 6.18 Å². The van der Waals surface area contributed by atoms with E-state index in [1.807, 2.05) is 36.4 Å². The summed E-state index contributed by atoms with van der Waals surface area (Å²) in [4.78, 5) is 4.03. The molecule has 0 radical (unpaired) electrons. The number of nitrogens with zero attached hydrogens (tertiary/aromatic N) is 3. The third-order valence-corrected chi connectivity index (χ3v) is 16.0. The zero-order valence-corrected chi connectivity index (χ0v) is 44.3. The van der Waals surface area contributed by atoms with Gasteiger partial charge in [-0.2, -0.15) is 13.2 Å². The number of aromatic nitrogens is 2. The zero-order chi connectivity index (χ0) is 54.3. The molecule has 0 spiro atoms. The van der Waals surface area contributed by atoms with Crippen molar-refractivity contribution >= 4 is 49.3 Å². The van der Waals surface area contributed by atoms with Gasteiger partial charge in [0.25, 0.3) is 0 Å². The minimum atomic E-state index is -4.54.